The summed E-state index contributed by atoms with van der Waals surface area (Å²) in [5, 5.41) is 13.0. The highest BCUT2D eigenvalue weighted by molar-refractivity contribution is 9.10. The molecule has 0 fully saturated rings. The summed E-state index contributed by atoms with van der Waals surface area (Å²) in [6.07, 6.45) is 1.54. The summed E-state index contributed by atoms with van der Waals surface area (Å²) in [5.74, 6) is 0. The molecule has 0 saturated heterocycles. The van der Waals surface area contributed by atoms with Crippen molar-refractivity contribution in [1.82, 2.24) is 24.8 Å². The van der Waals surface area contributed by atoms with E-state index in [-0.39, 0.29) is 5.56 Å². The van der Waals surface area contributed by atoms with E-state index in [1.807, 2.05) is 54.6 Å². The van der Waals surface area contributed by atoms with E-state index in [2.05, 4.69) is 31.3 Å². The predicted octanol–water partition coefficient (Wildman–Crippen LogP) is 2.79. The minimum atomic E-state index is -0.210. The molecule has 6 nitrogen and oxygen atoms in total. The number of rotatable bonds is 3. The molecular formula is C17H12BrN5O. The first-order chi connectivity index (χ1) is 11.7. The van der Waals surface area contributed by atoms with Crippen molar-refractivity contribution in [3.8, 4) is 5.69 Å². The molecule has 2 heterocycles. The van der Waals surface area contributed by atoms with Crippen LogP contribution in [0.15, 0.2) is 70.1 Å². The molecule has 0 saturated carbocycles. The van der Waals surface area contributed by atoms with Crippen LogP contribution in [0.4, 0.5) is 0 Å². The van der Waals surface area contributed by atoms with Crippen LogP contribution in [0.3, 0.4) is 0 Å². The first-order valence-corrected chi connectivity index (χ1v) is 8.14. The van der Waals surface area contributed by atoms with Crippen LogP contribution in [-0.2, 0) is 6.54 Å². The third kappa shape index (κ3) is 2.52. The molecule has 118 valence electrons. The minimum Gasteiger partial charge on any atom is -0.267 e. The van der Waals surface area contributed by atoms with Crippen molar-refractivity contribution in [2.45, 2.75) is 6.54 Å². The average Bonchev–Trinajstić information content (AvgIpc) is 3.05. The molecule has 0 bridgehead atoms. The number of aromatic nitrogens is 5. The van der Waals surface area contributed by atoms with Gasteiger partial charge in [0, 0.05) is 4.47 Å². The van der Waals surface area contributed by atoms with E-state index in [0.29, 0.717) is 17.6 Å². The zero-order chi connectivity index (χ0) is 16.5. The Hall–Kier alpha value is -2.80. The summed E-state index contributed by atoms with van der Waals surface area (Å²) in [5.41, 5.74) is 2.04. The van der Waals surface area contributed by atoms with E-state index in [4.69, 9.17) is 0 Å². The molecule has 0 aliphatic carbocycles. The largest absolute Gasteiger partial charge is 0.281 e. The normalized spacial score (nSPS) is 11.0. The third-order valence-corrected chi connectivity index (χ3v) is 4.51. The van der Waals surface area contributed by atoms with Gasteiger partial charge in [0.1, 0.15) is 5.39 Å². The van der Waals surface area contributed by atoms with Gasteiger partial charge in [0.25, 0.3) is 5.56 Å². The van der Waals surface area contributed by atoms with Gasteiger partial charge in [-0.25, -0.2) is 9.36 Å². The summed E-state index contributed by atoms with van der Waals surface area (Å²) in [6, 6.07) is 17.3. The van der Waals surface area contributed by atoms with Crippen molar-refractivity contribution in [1.29, 1.82) is 0 Å². The molecule has 4 aromatic rings. The van der Waals surface area contributed by atoms with Crippen molar-refractivity contribution in [3.05, 3.63) is 81.2 Å². The molecular weight excluding hydrogens is 370 g/mol. The fourth-order valence-corrected chi connectivity index (χ4v) is 2.92. The number of fused-ring (bicyclic) bond motifs is 1. The zero-order valence-electron chi connectivity index (χ0n) is 12.5. The molecule has 0 aliphatic rings. The lowest BCUT2D eigenvalue weighted by Gasteiger charge is -2.06. The monoisotopic (exact) mass is 381 g/mol. The van der Waals surface area contributed by atoms with Crippen molar-refractivity contribution in [2.75, 3.05) is 0 Å². The van der Waals surface area contributed by atoms with Gasteiger partial charge in [0.15, 0.2) is 5.65 Å². The van der Waals surface area contributed by atoms with Crippen LogP contribution < -0.4 is 5.56 Å². The molecule has 0 amide bonds. The number of benzene rings is 2. The van der Waals surface area contributed by atoms with Crippen LogP contribution >= 0.6 is 15.9 Å². The third-order valence-electron chi connectivity index (χ3n) is 3.73. The summed E-state index contributed by atoms with van der Waals surface area (Å²) >= 11 is 3.48. The Labute approximate surface area is 145 Å². The molecule has 2 aromatic heterocycles. The average molecular weight is 382 g/mol. The Kier molecular flexibility index (Phi) is 3.70. The van der Waals surface area contributed by atoms with Crippen LogP contribution in [0.2, 0.25) is 0 Å². The summed E-state index contributed by atoms with van der Waals surface area (Å²) in [4.78, 5) is 12.7. The number of nitrogens with zero attached hydrogens (tertiary/aromatic N) is 5. The minimum absolute atomic E-state index is 0.210. The Morgan fingerprint density at radius 3 is 2.54 bits per heavy atom. The molecule has 0 spiro atoms. The van der Waals surface area contributed by atoms with Gasteiger partial charge in [-0.3, -0.25) is 4.79 Å². The van der Waals surface area contributed by atoms with E-state index in [0.717, 1.165) is 15.7 Å². The van der Waals surface area contributed by atoms with Crippen LogP contribution in [0.5, 0.6) is 0 Å². The lowest BCUT2D eigenvalue weighted by molar-refractivity contribution is 0.596. The van der Waals surface area contributed by atoms with Crippen LogP contribution in [0, 0.1) is 0 Å². The fraction of sp³-hybridized carbons (Fsp3) is 0.0588. The van der Waals surface area contributed by atoms with Gasteiger partial charge >= 0.3 is 0 Å². The Bertz CT molecular complexity index is 1070. The van der Waals surface area contributed by atoms with Crippen molar-refractivity contribution < 1.29 is 0 Å². The van der Waals surface area contributed by atoms with E-state index in [1.54, 1.807) is 4.68 Å². The maximum absolute atomic E-state index is 12.7. The lowest BCUT2D eigenvalue weighted by Crippen LogP contribution is -2.25. The second-order valence-electron chi connectivity index (χ2n) is 5.27. The highest BCUT2D eigenvalue weighted by atomic mass is 79.9. The number of para-hydroxylation sites is 1. The standard InChI is InChI=1S/C17H12BrN5O/c18-15-9-5-4-6-12(15)11-22-17(24)14-10-19-23(16(14)20-21-22)13-7-2-1-3-8-13/h1-10H,11H2. The second-order valence-corrected chi connectivity index (χ2v) is 6.13. The molecule has 0 N–H and O–H groups in total. The van der Waals surface area contributed by atoms with Crippen LogP contribution in [0.1, 0.15) is 5.56 Å². The molecule has 0 atom stereocenters. The van der Waals surface area contributed by atoms with E-state index >= 15 is 0 Å². The molecule has 0 aliphatic heterocycles. The van der Waals surface area contributed by atoms with Gasteiger partial charge in [-0.2, -0.15) is 5.10 Å². The fourth-order valence-electron chi connectivity index (χ4n) is 2.51. The first-order valence-electron chi connectivity index (χ1n) is 7.34. The van der Waals surface area contributed by atoms with Gasteiger partial charge in [0.2, 0.25) is 0 Å². The summed E-state index contributed by atoms with van der Waals surface area (Å²) < 4.78 is 3.89. The number of hydrogen-bond acceptors (Lipinski definition) is 4. The van der Waals surface area contributed by atoms with E-state index in [9.17, 15) is 4.79 Å². The van der Waals surface area contributed by atoms with Gasteiger partial charge in [0.05, 0.1) is 18.4 Å². The van der Waals surface area contributed by atoms with Crippen LogP contribution in [0.25, 0.3) is 16.7 Å². The Balaban J connectivity index is 1.80. The van der Waals surface area contributed by atoms with Crippen molar-refractivity contribution in [2.24, 2.45) is 0 Å². The highest BCUT2D eigenvalue weighted by Crippen LogP contribution is 2.17. The zero-order valence-corrected chi connectivity index (χ0v) is 14.1. The molecule has 7 heteroatoms. The van der Waals surface area contributed by atoms with Gasteiger partial charge < -0.3 is 0 Å². The topological polar surface area (TPSA) is 65.6 Å². The predicted molar refractivity (Wildman–Crippen MR) is 94.2 cm³/mol. The lowest BCUT2D eigenvalue weighted by atomic mass is 10.2. The van der Waals surface area contributed by atoms with Crippen molar-refractivity contribution in [3.63, 3.8) is 0 Å². The first kappa shape index (κ1) is 14.8. The second kappa shape index (κ2) is 6.01. The number of hydrogen-bond donors (Lipinski definition) is 0. The molecule has 24 heavy (non-hydrogen) atoms. The van der Waals surface area contributed by atoms with Gasteiger partial charge in [-0.15, -0.1) is 5.10 Å². The highest BCUT2D eigenvalue weighted by Gasteiger charge is 2.13. The Morgan fingerprint density at radius 2 is 1.75 bits per heavy atom. The van der Waals surface area contributed by atoms with Crippen molar-refractivity contribution >= 4 is 27.0 Å². The van der Waals surface area contributed by atoms with Gasteiger partial charge in [-0.1, -0.05) is 57.5 Å². The summed E-state index contributed by atoms with van der Waals surface area (Å²) in [7, 11) is 0. The number of halogens is 1. The SMILES string of the molecule is O=c1c2cnn(-c3ccccc3)c2nnn1Cc1ccccc1Br. The molecule has 2 aromatic carbocycles. The maximum atomic E-state index is 12.7. The van der Waals surface area contributed by atoms with Crippen LogP contribution in [-0.4, -0.2) is 24.8 Å². The van der Waals surface area contributed by atoms with E-state index in [1.165, 1.54) is 10.9 Å². The van der Waals surface area contributed by atoms with E-state index < -0.39 is 0 Å². The smallest absolute Gasteiger partial charge is 0.267 e. The Morgan fingerprint density at radius 1 is 1.00 bits per heavy atom. The summed E-state index contributed by atoms with van der Waals surface area (Å²) in [6.45, 7) is 0.347. The molecule has 4 rings (SSSR count). The van der Waals surface area contributed by atoms with Gasteiger partial charge in [-0.05, 0) is 23.8 Å². The molecule has 0 unspecified atom stereocenters. The quantitative estimate of drug-likeness (QED) is 0.547. The maximum Gasteiger partial charge on any atom is 0.281 e. The molecule has 0 radical (unpaired) electrons.